The number of benzene rings is 1. The molecule has 27 heavy (non-hydrogen) atoms. The molecular weight excluding hydrogens is 384 g/mol. The fourth-order valence-corrected chi connectivity index (χ4v) is 3.31. The van der Waals surface area contributed by atoms with Gasteiger partial charge in [0, 0.05) is 17.7 Å². The van der Waals surface area contributed by atoms with Crippen molar-refractivity contribution in [1.82, 2.24) is 4.98 Å². The Bertz CT molecular complexity index is 1010. The van der Waals surface area contributed by atoms with Gasteiger partial charge in [0.2, 0.25) is 10.0 Å². The second kappa shape index (κ2) is 6.90. The highest BCUT2D eigenvalue weighted by molar-refractivity contribution is 7.89. The van der Waals surface area contributed by atoms with Crippen LogP contribution >= 0.6 is 0 Å². The van der Waals surface area contributed by atoms with Gasteiger partial charge in [-0.1, -0.05) is 30.4 Å². The second-order valence-corrected chi connectivity index (χ2v) is 7.54. The summed E-state index contributed by atoms with van der Waals surface area (Å²) < 4.78 is 74.0. The molecular formula is C18H14F4N2O2S. The Morgan fingerprint density at radius 1 is 0.963 bits per heavy atom. The second-order valence-electron chi connectivity index (χ2n) is 5.98. The topological polar surface area (TPSA) is 73.1 Å². The summed E-state index contributed by atoms with van der Waals surface area (Å²) in [7, 11) is -3.85. The molecule has 1 aromatic carbocycles. The standard InChI is InChI=1S/C18H14F4N2O2S/c19-9-11-7-15(12-1-4-14(5-2-12)27(23,25)26)16(8-11)13-3-6-17(24-10-13)18(20,21)22/h1-8,10-11H,9H2,(H2,23,25,26). The smallest absolute Gasteiger partial charge is 0.251 e. The van der Waals surface area contributed by atoms with Crippen LogP contribution in [0.15, 0.2) is 59.6 Å². The molecule has 0 spiro atoms. The molecule has 1 heterocycles. The van der Waals surface area contributed by atoms with Crippen LogP contribution in [0.5, 0.6) is 0 Å². The van der Waals surface area contributed by atoms with Crippen LogP contribution < -0.4 is 5.14 Å². The maximum Gasteiger partial charge on any atom is 0.433 e. The van der Waals surface area contributed by atoms with Gasteiger partial charge in [-0.05, 0) is 34.9 Å². The molecule has 0 saturated carbocycles. The average Bonchev–Trinajstić information content (AvgIpc) is 3.05. The van der Waals surface area contributed by atoms with Gasteiger partial charge in [0.1, 0.15) is 5.69 Å². The van der Waals surface area contributed by atoms with Crippen molar-refractivity contribution in [1.29, 1.82) is 0 Å². The lowest BCUT2D eigenvalue weighted by Crippen LogP contribution is -2.11. The summed E-state index contributed by atoms with van der Waals surface area (Å²) in [5.74, 6) is -0.532. The lowest BCUT2D eigenvalue weighted by molar-refractivity contribution is -0.141. The first-order valence-corrected chi connectivity index (χ1v) is 9.31. The summed E-state index contributed by atoms with van der Waals surface area (Å²) >= 11 is 0. The van der Waals surface area contributed by atoms with Crippen LogP contribution in [0, 0.1) is 5.92 Å². The third-order valence-corrected chi connectivity index (χ3v) is 5.02. The molecule has 1 aliphatic rings. The van der Waals surface area contributed by atoms with E-state index in [1.165, 1.54) is 30.3 Å². The van der Waals surface area contributed by atoms with Crippen LogP contribution in [0.25, 0.3) is 11.1 Å². The number of hydrogen-bond acceptors (Lipinski definition) is 3. The third-order valence-electron chi connectivity index (χ3n) is 4.09. The molecule has 0 fully saturated rings. The van der Waals surface area contributed by atoms with Crippen molar-refractivity contribution < 1.29 is 26.0 Å². The lowest BCUT2D eigenvalue weighted by atomic mass is 9.96. The number of sulfonamides is 1. The van der Waals surface area contributed by atoms with Crippen LogP contribution in [0.3, 0.4) is 0 Å². The van der Waals surface area contributed by atoms with Crippen LogP contribution in [-0.4, -0.2) is 20.1 Å². The van der Waals surface area contributed by atoms with Crippen LogP contribution in [-0.2, 0) is 16.2 Å². The van der Waals surface area contributed by atoms with Crippen LogP contribution in [0.4, 0.5) is 17.6 Å². The fourth-order valence-electron chi connectivity index (χ4n) is 2.79. The van der Waals surface area contributed by atoms with Crippen LogP contribution in [0.2, 0.25) is 0 Å². The molecule has 4 nitrogen and oxygen atoms in total. The van der Waals surface area contributed by atoms with E-state index in [0.29, 0.717) is 22.3 Å². The lowest BCUT2D eigenvalue weighted by Gasteiger charge is -2.11. The number of halogens is 4. The minimum atomic E-state index is -4.55. The van der Waals surface area contributed by atoms with Gasteiger partial charge in [0.15, 0.2) is 0 Å². The number of primary sulfonamides is 1. The highest BCUT2D eigenvalue weighted by Gasteiger charge is 2.32. The highest BCUT2D eigenvalue weighted by atomic mass is 32.2. The molecule has 2 aromatic rings. The van der Waals surface area contributed by atoms with E-state index in [1.54, 1.807) is 12.2 Å². The maximum atomic E-state index is 13.2. The average molecular weight is 398 g/mol. The van der Waals surface area contributed by atoms with E-state index in [1.807, 2.05) is 0 Å². The molecule has 9 heteroatoms. The summed E-state index contributed by atoms with van der Waals surface area (Å²) in [6.07, 6.45) is -0.222. The van der Waals surface area contributed by atoms with E-state index in [9.17, 15) is 26.0 Å². The van der Waals surface area contributed by atoms with Gasteiger partial charge in [-0.15, -0.1) is 0 Å². The van der Waals surface area contributed by atoms with Gasteiger partial charge < -0.3 is 0 Å². The van der Waals surface area contributed by atoms with Crippen molar-refractivity contribution in [2.45, 2.75) is 11.1 Å². The van der Waals surface area contributed by atoms with E-state index in [4.69, 9.17) is 5.14 Å². The van der Waals surface area contributed by atoms with Gasteiger partial charge in [0.05, 0.1) is 11.6 Å². The molecule has 3 rings (SSSR count). The van der Waals surface area contributed by atoms with E-state index in [-0.39, 0.29) is 4.90 Å². The molecule has 1 aliphatic carbocycles. The Hall–Kier alpha value is -2.52. The first-order chi connectivity index (χ1) is 12.6. The fraction of sp³-hybridized carbons (Fsp3) is 0.167. The summed E-state index contributed by atoms with van der Waals surface area (Å²) in [6.45, 7) is -0.670. The number of rotatable bonds is 4. The SMILES string of the molecule is NS(=O)(=O)c1ccc(C2=CC(CF)C=C2c2ccc(C(F)(F)F)nc2)cc1. The Kier molecular flexibility index (Phi) is 4.92. The summed E-state index contributed by atoms with van der Waals surface area (Å²) in [4.78, 5) is 3.36. The number of allylic oxidation sites excluding steroid dienone is 4. The molecule has 1 unspecified atom stereocenters. The predicted molar refractivity (Wildman–Crippen MR) is 92.5 cm³/mol. The Balaban J connectivity index is 1.98. The number of nitrogens with two attached hydrogens (primary N) is 1. The summed E-state index contributed by atoms with van der Waals surface area (Å²) in [6, 6.07) is 7.79. The highest BCUT2D eigenvalue weighted by Crippen LogP contribution is 2.39. The number of nitrogens with zero attached hydrogens (tertiary/aromatic N) is 1. The molecule has 0 radical (unpaired) electrons. The first-order valence-electron chi connectivity index (χ1n) is 7.76. The molecule has 0 bridgehead atoms. The van der Waals surface area contributed by atoms with Gasteiger partial charge >= 0.3 is 6.18 Å². The summed E-state index contributed by atoms with van der Waals surface area (Å²) in [5, 5.41) is 5.07. The molecule has 0 amide bonds. The molecule has 0 saturated heterocycles. The van der Waals surface area contributed by atoms with Gasteiger partial charge in [-0.3, -0.25) is 9.37 Å². The van der Waals surface area contributed by atoms with Crippen molar-refractivity contribution in [3.63, 3.8) is 0 Å². The minimum Gasteiger partial charge on any atom is -0.251 e. The zero-order valence-electron chi connectivity index (χ0n) is 13.7. The van der Waals surface area contributed by atoms with E-state index in [2.05, 4.69) is 4.98 Å². The Labute approximate surface area is 153 Å². The normalized spacial score (nSPS) is 17.6. The molecule has 142 valence electrons. The maximum absolute atomic E-state index is 13.2. The Morgan fingerprint density at radius 2 is 1.52 bits per heavy atom. The number of alkyl halides is 4. The van der Waals surface area contributed by atoms with Crippen molar-refractivity contribution in [2.75, 3.05) is 6.67 Å². The third kappa shape index (κ3) is 4.09. The number of pyridine rings is 1. The first kappa shape index (κ1) is 19.2. The van der Waals surface area contributed by atoms with Crippen LogP contribution in [0.1, 0.15) is 16.8 Å². The number of aromatic nitrogens is 1. The molecule has 1 atom stereocenters. The van der Waals surface area contributed by atoms with Crippen molar-refractivity contribution in [3.05, 3.63) is 71.6 Å². The van der Waals surface area contributed by atoms with E-state index >= 15 is 0 Å². The van der Waals surface area contributed by atoms with Gasteiger partial charge in [0.25, 0.3) is 0 Å². The number of hydrogen-bond donors (Lipinski definition) is 1. The zero-order chi connectivity index (χ0) is 19.8. The summed E-state index contributed by atoms with van der Waals surface area (Å²) in [5.41, 5.74) is 1.09. The van der Waals surface area contributed by atoms with Gasteiger partial charge in [-0.25, -0.2) is 13.6 Å². The minimum absolute atomic E-state index is 0.0754. The van der Waals surface area contributed by atoms with Gasteiger partial charge in [-0.2, -0.15) is 13.2 Å². The molecule has 0 aliphatic heterocycles. The monoisotopic (exact) mass is 398 g/mol. The van der Waals surface area contributed by atoms with Crippen molar-refractivity contribution in [3.8, 4) is 0 Å². The zero-order valence-corrected chi connectivity index (χ0v) is 14.6. The van der Waals surface area contributed by atoms with Crippen molar-refractivity contribution in [2.24, 2.45) is 11.1 Å². The quantitative estimate of drug-likeness (QED) is 0.796. The van der Waals surface area contributed by atoms with E-state index < -0.39 is 34.5 Å². The van der Waals surface area contributed by atoms with Crippen molar-refractivity contribution >= 4 is 21.2 Å². The molecule has 2 N–H and O–H groups in total. The largest absolute Gasteiger partial charge is 0.433 e. The van der Waals surface area contributed by atoms with E-state index in [0.717, 1.165) is 12.3 Å². The predicted octanol–water partition coefficient (Wildman–Crippen LogP) is 3.81. The molecule has 1 aromatic heterocycles. The Morgan fingerprint density at radius 3 is 1.96 bits per heavy atom.